The van der Waals surface area contributed by atoms with Crippen LogP contribution in [0.25, 0.3) is 0 Å². The number of halogens is 3. The highest BCUT2D eigenvalue weighted by atomic mass is 19.4. The van der Waals surface area contributed by atoms with Crippen LogP contribution in [0, 0.1) is 11.3 Å². The Hall–Kier alpha value is -2.01. The minimum Gasteiger partial charge on any atom is -0.389 e. The maximum Gasteiger partial charge on any atom is 0.574 e. The van der Waals surface area contributed by atoms with Crippen molar-refractivity contribution in [3.8, 4) is 11.9 Å². The SMILES string of the molecule is N#CCc1c[nH]c(OC(F)(F)F)c(CN)c1=O. The molecule has 17 heavy (non-hydrogen) atoms. The Morgan fingerprint density at radius 3 is 2.65 bits per heavy atom. The van der Waals surface area contributed by atoms with Gasteiger partial charge >= 0.3 is 6.36 Å². The van der Waals surface area contributed by atoms with E-state index in [1.807, 2.05) is 0 Å². The minimum atomic E-state index is -4.91. The van der Waals surface area contributed by atoms with E-state index >= 15 is 0 Å². The van der Waals surface area contributed by atoms with Gasteiger partial charge in [-0.1, -0.05) is 0 Å². The molecule has 92 valence electrons. The number of aromatic nitrogens is 1. The molecular weight excluding hydrogens is 239 g/mol. The molecule has 3 N–H and O–H groups in total. The molecule has 0 amide bonds. The van der Waals surface area contributed by atoms with E-state index in [9.17, 15) is 18.0 Å². The molecule has 0 aliphatic heterocycles. The van der Waals surface area contributed by atoms with Crippen LogP contribution in [0.15, 0.2) is 11.0 Å². The number of nitrogens with zero attached hydrogens (tertiary/aromatic N) is 1. The molecule has 0 saturated carbocycles. The fraction of sp³-hybridized carbons (Fsp3) is 0.333. The number of hydrogen-bond donors (Lipinski definition) is 2. The first-order valence-electron chi connectivity index (χ1n) is 4.45. The summed E-state index contributed by atoms with van der Waals surface area (Å²) in [6.07, 6.45) is -4.12. The van der Waals surface area contributed by atoms with Crippen LogP contribution in [-0.4, -0.2) is 11.3 Å². The number of aromatic amines is 1. The Morgan fingerprint density at radius 2 is 2.18 bits per heavy atom. The van der Waals surface area contributed by atoms with E-state index in [0.717, 1.165) is 6.20 Å². The van der Waals surface area contributed by atoms with Gasteiger partial charge in [-0.2, -0.15) is 5.26 Å². The summed E-state index contributed by atoms with van der Waals surface area (Å²) in [5.74, 6) is -0.744. The summed E-state index contributed by atoms with van der Waals surface area (Å²) in [5, 5.41) is 8.42. The van der Waals surface area contributed by atoms with Crippen molar-refractivity contribution in [1.82, 2.24) is 4.98 Å². The van der Waals surface area contributed by atoms with Crippen LogP contribution in [0.1, 0.15) is 11.1 Å². The van der Waals surface area contributed by atoms with E-state index in [1.165, 1.54) is 0 Å². The second kappa shape index (κ2) is 4.88. The maximum absolute atomic E-state index is 12.0. The van der Waals surface area contributed by atoms with Gasteiger partial charge in [0.15, 0.2) is 5.43 Å². The number of alkyl halides is 3. The van der Waals surface area contributed by atoms with Crippen LogP contribution in [0.4, 0.5) is 13.2 Å². The Morgan fingerprint density at radius 1 is 1.53 bits per heavy atom. The summed E-state index contributed by atoms with van der Waals surface area (Å²) in [4.78, 5) is 13.8. The van der Waals surface area contributed by atoms with Crippen molar-refractivity contribution in [2.45, 2.75) is 19.3 Å². The van der Waals surface area contributed by atoms with Crippen LogP contribution in [0.5, 0.6) is 5.88 Å². The molecule has 0 spiro atoms. The minimum absolute atomic E-state index is 0.0440. The number of nitrogens with one attached hydrogen (secondary N) is 1. The zero-order valence-electron chi connectivity index (χ0n) is 8.47. The first-order valence-corrected chi connectivity index (χ1v) is 4.45. The number of nitriles is 1. The van der Waals surface area contributed by atoms with Crippen molar-refractivity contribution < 1.29 is 17.9 Å². The second-order valence-corrected chi connectivity index (χ2v) is 3.04. The Kier molecular flexibility index (Phi) is 3.75. The van der Waals surface area contributed by atoms with Crippen LogP contribution in [0.3, 0.4) is 0 Å². The molecule has 0 aromatic carbocycles. The molecule has 0 radical (unpaired) electrons. The number of nitrogens with two attached hydrogens (primary N) is 1. The van der Waals surface area contributed by atoms with Crippen LogP contribution in [-0.2, 0) is 13.0 Å². The highest BCUT2D eigenvalue weighted by Gasteiger charge is 2.33. The number of hydrogen-bond acceptors (Lipinski definition) is 4. The second-order valence-electron chi connectivity index (χ2n) is 3.04. The Bertz CT molecular complexity index is 502. The molecular formula is C9H8F3N3O2. The van der Waals surface area contributed by atoms with Crippen molar-refractivity contribution >= 4 is 0 Å². The zero-order chi connectivity index (χ0) is 13.1. The predicted octanol–water partition coefficient (Wildman–Crippen LogP) is 0.798. The van der Waals surface area contributed by atoms with Gasteiger partial charge in [-0.15, -0.1) is 13.2 Å². The molecule has 1 aromatic rings. The van der Waals surface area contributed by atoms with Gasteiger partial charge < -0.3 is 15.5 Å². The molecule has 0 bridgehead atoms. The highest BCUT2D eigenvalue weighted by molar-refractivity contribution is 5.31. The average molecular weight is 247 g/mol. The number of H-pyrrole nitrogens is 1. The van der Waals surface area contributed by atoms with Gasteiger partial charge in [-0.25, -0.2) is 0 Å². The third kappa shape index (κ3) is 3.22. The number of pyridine rings is 1. The fourth-order valence-electron chi connectivity index (χ4n) is 1.21. The highest BCUT2D eigenvalue weighted by Crippen LogP contribution is 2.22. The van der Waals surface area contributed by atoms with E-state index in [0.29, 0.717) is 0 Å². The maximum atomic E-state index is 12.0. The zero-order valence-corrected chi connectivity index (χ0v) is 8.47. The summed E-state index contributed by atoms with van der Waals surface area (Å²) < 4.78 is 39.6. The van der Waals surface area contributed by atoms with Gasteiger partial charge in [0.2, 0.25) is 5.88 Å². The van der Waals surface area contributed by atoms with Gasteiger partial charge in [0, 0.05) is 18.3 Å². The van der Waals surface area contributed by atoms with Crippen molar-refractivity contribution in [2.24, 2.45) is 5.73 Å². The Labute approximate surface area is 93.6 Å². The Balaban J connectivity index is 3.23. The smallest absolute Gasteiger partial charge is 0.389 e. The molecule has 8 heteroatoms. The lowest BCUT2D eigenvalue weighted by Gasteiger charge is -2.12. The molecule has 0 fully saturated rings. The largest absolute Gasteiger partial charge is 0.574 e. The van der Waals surface area contributed by atoms with Crippen molar-refractivity contribution in [2.75, 3.05) is 0 Å². The molecule has 0 aliphatic rings. The first-order chi connectivity index (χ1) is 7.89. The first kappa shape index (κ1) is 13.1. The van der Waals surface area contributed by atoms with E-state index in [4.69, 9.17) is 11.0 Å². The third-order valence-corrected chi connectivity index (χ3v) is 1.91. The van der Waals surface area contributed by atoms with Gasteiger partial charge in [0.25, 0.3) is 0 Å². The molecule has 0 atom stereocenters. The van der Waals surface area contributed by atoms with Crippen LogP contribution >= 0.6 is 0 Å². The van der Waals surface area contributed by atoms with Crippen LogP contribution < -0.4 is 15.9 Å². The average Bonchev–Trinajstić information content (AvgIpc) is 2.21. The standard InChI is InChI=1S/C9H8F3N3O2/c10-9(11,12)17-8-6(3-14)7(16)5(1-2-13)4-15-8/h4H,1,3,14H2,(H,15,16). The molecule has 1 aromatic heterocycles. The predicted molar refractivity (Wildman–Crippen MR) is 51.0 cm³/mol. The number of ether oxygens (including phenoxy) is 1. The summed E-state index contributed by atoms with van der Waals surface area (Å²) in [6, 6.07) is 1.72. The molecule has 1 heterocycles. The van der Waals surface area contributed by atoms with Crippen molar-refractivity contribution in [3.05, 3.63) is 27.5 Å². The lowest BCUT2D eigenvalue weighted by Crippen LogP contribution is -2.25. The van der Waals surface area contributed by atoms with E-state index < -0.39 is 24.2 Å². The van der Waals surface area contributed by atoms with E-state index in [1.54, 1.807) is 6.07 Å². The van der Waals surface area contributed by atoms with Crippen molar-refractivity contribution in [1.29, 1.82) is 5.26 Å². The van der Waals surface area contributed by atoms with Crippen molar-refractivity contribution in [3.63, 3.8) is 0 Å². The van der Waals surface area contributed by atoms with E-state index in [-0.39, 0.29) is 17.5 Å². The molecule has 5 nitrogen and oxygen atoms in total. The summed E-state index contributed by atoms with van der Waals surface area (Å²) >= 11 is 0. The molecule has 0 aliphatic carbocycles. The third-order valence-electron chi connectivity index (χ3n) is 1.91. The van der Waals surface area contributed by atoms with Crippen LogP contribution in [0.2, 0.25) is 0 Å². The van der Waals surface area contributed by atoms with Gasteiger partial charge in [0.05, 0.1) is 18.1 Å². The van der Waals surface area contributed by atoms with Gasteiger partial charge in [0.1, 0.15) is 0 Å². The fourth-order valence-corrected chi connectivity index (χ4v) is 1.21. The summed E-state index contributed by atoms with van der Waals surface area (Å²) in [5.41, 5.74) is 4.18. The quantitative estimate of drug-likeness (QED) is 0.826. The molecule has 0 saturated heterocycles. The molecule has 1 rings (SSSR count). The molecule has 0 unspecified atom stereocenters. The number of rotatable bonds is 3. The lowest BCUT2D eigenvalue weighted by molar-refractivity contribution is -0.276. The normalized spacial score (nSPS) is 11.0. The lowest BCUT2D eigenvalue weighted by atomic mass is 10.1. The summed E-state index contributed by atoms with van der Waals surface area (Å²) in [6.45, 7) is -0.417. The summed E-state index contributed by atoms with van der Waals surface area (Å²) in [7, 11) is 0. The monoisotopic (exact) mass is 247 g/mol. The van der Waals surface area contributed by atoms with Gasteiger partial charge in [-0.05, 0) is 0 Å². The topological polar surface area (TPSA) is 91.9 Å². The van der Waals surface area contributed by atoms with Gasteiger partial charge in [-0.3, -0.25) is 4.79 Å². The van der Waals surface area contributed by atoms with E-state index in [2.05, 4.69) is 9.72 Å².